The molecule has 1 aliphatic carbocycles. The number of allylic oxidation sites excluding steroid dienone is 2. The van der Waals surface area contributed by atoms with Gasteiger partial charge in [0.15, 0.2) is 17.6 Å². The number of aliphatic hydroxyl groups excluding tert-OH is 2. The van der Waals surface area contributed by atoms with E-state index in [1.54, 1.807) is 0 Å². The summed E-state index contributed by atoms with van der Waals surface area (Å²) in [5.41, 5.74) is 4.14. The lowest BCUT2D eigenvalue weighted by Gasteiger charge is -2.38. The van der Waals surface area contributed by atoms with E-state index in [-0.39, 0.29) is 24.0 Å². The molecule has 7 nitrogen and oxygen atoms in total. The third-order valence-electron chi connectivity index (χ3n) is 7.14. The molecule has 0 radical (unpaired) electrons. The fourth-order valence-corrected chi connectivity index (χ4v) is 5.25. The Hall–Kier alpha value is -2.09. The molecular formula is C27H40O7. The second kappa shape index (κ2) is 11.1. The zero-order chi connectivity index (χ0) is 25.2. The first-order valence-electron chi connectivity index (χ1n) is 12.3. The van der Waals surface area contributed by atoms with E-state index in [1.165, 1.54) is 18.1 Å². The summed E-state index contributed by atoms with van der Waals surface area (Å²) in [6, 6.07) is 2.09. The molecule has 0 amide bonds. The van der Waals surface area contributed by atoms with Crippen molar-refractivity contribution in [2.75, 3.05) is 6.61 Å². The van der Waals surface area contributed by atoms with Gasteiger partial charge < -0.3 is 29.5 Å². The summed E-state index contributed by atoms with van der Waals surface area (Å²) in [6.07, 6.45) is 1.54. The van der Waals surface area contributed by atoms with Crippen molar-refractivity contribution in [2.24, 2.45) is 5.92 Å². The highest BCUT2D eigenvalue weighted by Gasteiger charge is 2.43. The normalized spacial score (nSPS) is 29.6. The van der Waals surface area contributed by atoms with Crippen LogP contribution < -0.4 is 4.74 Å². The monoisotopic (exact) mass is 476 g/mol. The van der Waals surface area contributed by atoms with Crippen molar-refractivity contribution in [1.82, 2.24) is 0 Å². The van der Waals surface area contributed by atoms with E-state index < -0.39 is 30.6 Å². The van der Waals surface area contributed by atoms with E-state index in [4.69, 9.17) is 14.2 Å². The van der Waals surface area contributed by atoms with Gasteiger partial charge in [0.1, 0.15) is 12.2 Å². The van der Waals surface area contributed by atoms with Crippen molar-refractivity contribution >= 4 is 5.97 Å². The highest BCUT2D eigenvalue weighted by atomic mass is 16.7. The number of carbonyl (C=O) groups is 1. The summed E-state index contributed by atoms with van der Waals surface area (Å²) in [6.45, 7) is 11.5. The van der Waals surface area contributed by atoms with Gasteiger partial charge in [-0.1, -0.05) is 31.6 Å². The molecule has 34 heavy (non-hydrogen) atoms. The largest absolute Gasteiger partial charge is 0.504 e. The summed E-state index contributed by atoms with van der Waals surface area (Å²) in [5.74, 6) is 0.707. The van der Waals surface area contributed by atoms with E-state index in [9.17, 15) is 20.1 Å². The summed E-state index contributed by atoms with van der Waals surface area (Å²) < 4.78 is 16.8. The molecule has 2 aliphatic rings. The lowest BCUT2D eigenvalue weighted by Crippen LogP contribution is -2.56. The Morgan fingerprint density at radius 1 is 1.26 bits per heavy atom. The zero-order valence-electron chi connectivity index (χ0n) is 21.2. The van der Waals surface area contributed by atoms with Crippen molar-refractivity contribution in [3.63, 3.8) is 0 Å². The van der Waals surface area contributed by atoms with Gasteiger partial charge in [-0.05, 0) is 75.3 Å². The number of hydrogen-bond donors (Lipinski definition) is 3. The molecule has 1 aromatic rings. The molecule has 1 aliphatic heterocycles. The fraction of sp³-hybridized carbons (Fsp3) is 0.667. The number of hydrogen-bond acceptors (Lipinski definition) is 7. The van der Waals surface area contributed by atoms with Crippen LogP contribution in [-0.2, 0) is 14.3 Å². The Bertz CT molecular complexity index is 905. The van der Waals surface area contributed by atoms with Gasteiger partial charge in [0.25, 0.3) is 0 Å². The third kappa shape index (κ3) is 5.75. The minimum atomic E-state index is -1.35. The maximum absolute atomic E-state index is 11.6. The Labute approximate surface area is 202 Å². The molecule has 1 heterocycles. The van der Waals surface area contributed by atoms with Crippen molar-refractivity contribution in [2.45, 2.75) is 104 Å². The van der Waals surface area contributed by atoms with E-state index >= 15 is 0 Å². The van der Waals surface area contributed by atoms with Gasteiger partial charge in [-0.2, -0.15) is 0 Å². The number of aliphatic hydroxyl groups is 2. The van der Waals surface area contributed by atoms with Gasteiger partial charge in [-0.25, -0.2) is 0 Å². The molecule has 1 aromatic carbocycles. The molecule has 3 N–H and O–H groups in total. The highest BCUT2D eigenvalue weighted by molar-refractivity contribution is 5.66. The molecule has 0 unspecified atom stereocenters. The third-order valence-corrected chi connectivity index (χ3v) is 7.14. The summed E-state index contributed by atoms with van der Waals surface area (Å²) in [4.78, 5) is 11.6. The summed E-state index contributed by atoms with van der Waals surface area (Å²) in [5, 5.41) is 31.6. The van der Waals surface area contributed by atoms with Crippen molar-refractivity contribution in [3.8, 4) is 11.5 Å². The number of benzene rings is 1. The molecule has 1 fully saturated rings. The lowest BCUT2D eigenvalue weighted by atomic mass is 9.70. The number of carbonyl (C=O) groups excluding carboxylic acids is 1. The number of esters is 1. The van der Waals surface area contributed by atoms with Crippen LogP contribution in [-0.4, -0.2) is 52.5 Å². The molecule has 1 saturated heterocycles. The first kappa shape index (κ1) is 26.5. The van der Waals surface area contributed by atoms with Crippen LogP contribution >= 0.6 is 0 Å². The van der Waals surface area contributed by atoms with Crippen molar-refractivity contribution in [3.05, 3.63) is 34.4 Å². The van der Waals surface area contributed by atoms with Crippen LogP contribution in [0, 0.1) is 12.8 Å². The minimum Gasteiger partial charge on any atom is -0.504 e. The number of aryl methyl sites for hydroxylation is 1. The predicted octanol–water partition coefficient (Wildman–Crippen LogP) is 4.45. The quantitative estimate of drug-likeness (QED) is 0.394. The maximum atomic E-state index is 11.6. The predicted molar refractivity (Wildman–Crippen MR) is 129 cm³/mol. The number of rotatable bonds is 7. The first-order valence-corrected chi connectivity index (χ1v) is 12.3. The van der Waals surface area contributed by atoms with Crippen molar-refractivity contribution < 1.29 is 34.3 Å². The number of ether oxygens (including phenoxy) is 3. The van der Waals surface area contributed by atoms with Crippen LogP contribution in [0.2, 0.25) is 0 Å². The summed E-state index contributed by atoms with van der Waals surface area (Å²) >= 11 is 0. The van der Waals surface area contributed by atoms with Crippen LogP contribution in [0.3, 0.4) is 0 Å². The van der Waals surface area contributed by atoms with Crippen LogP contribution in [0.1, 0.15) is 88.8 Å². The molecule has 7 atom stereocenters. The highest BCUT2D eigenvalue weighted by Crippen LogP contribution is 2.51. The molecule has 0 bridgehead atoms. The molecule has 0 spiro atoms. The number of phenols is 1. The second-order valence-electron chi connectivity index (χ2n) is 10.2. The Morgan fingerprint density at radius 3 is 2.62 bits per heavy atom. The lowest BCUT2D eigenvalue weighted by molar-refractivity contribution is -0.250. The average molecular weight is 477 g/mol. The molecular weight excluding hydrogens is 436 g/mol. The van der Waals surface area contributed by atoms with E-state index in [1.807, 2.05) is 6.92 Å². The Balaban J connectivity index is 1.90. The van der Waals surface area contributed by atoms with E-state index in [2.05, 4.69) is 39.8 Å². The number of aromatic hydroxyl groups is 1. The van der Waals surface area contributed by atoms with Crippen LogP contribution in [0.15, 0.2) is 17.7 Å². The van der Waals surface area contributed by atoms with E-state index in [0.717, 1.165) is 36.8 Å². The van der Waals surface area contributed by atoms with Crippen molar-refractivity contribution in [1.29, 1.82) is 0 Å². The topological polar surface area (TPSA) is 105 Å². The smallest absolute Gasteiger partial charge is 0.303 e. The number of fused-ring (bicyclic) bond motifs is 1. The second-order valence-corrected chi connectivity index (χ2v) is 10.2. The van der Waals surface area contributed by atoms with Gasteiger partial charge in [0, 0.05) is 12.5 Å². The zero-order valence-corrected chi connectivity index (χ0v) is 21.2. The van der Waals surface area contributed by atoms with Crippen LogP contribution in [0.5, 0.6) is 11.5 Å². The van der Waals surface area contributed by atoms with Gasteiger partial charge in [-0.15, -0.1) is 0 Å². The van der Waals surface area contributed by atoms with E-state index in [0.29, 0.717) is 11.8 Å². The molecule has 7 heteroatoms. The van der Waals surface area contributed by atoms with Crippen LogP contribution in [0.25, 0.3) is 0 Å². The average Bonchev–Trinajstić information content (AvgIpc) is 2.75. The molecule has 190 valence electrons. The standard InChI is InChI=1S/C27H40O7/c1-14(2)8-7-9-15(3)19-11-10-16(4)22-20(19)12-17(5)25(24(22)31)34-27-26(33-18(6)28)23(30)21(29)13-32-27/h8,12,15-16,19,21,23,26-27,29-31H,7,9-11,13H2,1-6H3/t15-,16-,19+,21-,23-,26+,27+/m0/s1. The Morgan fingerprint density at radius 2 is 1.97 bits per heavy atom. The maximum Gasteiger partial charge on any atom is 0.303 e. The molecule has 0 saturated carbocycles. The van der Waals surface area contributed by atoms with Gasteiger partial charge in [0.05, 0.1) is 6.61 Å². The Kier molecular flexibility index (Phi) is 8.66. The summed E-state index contributed by atoms with van der Waals surface area (Å²) in [7, 11) is 0. The van der Waals surface area contributed by atoms with Crippen LogP contribution in [0.4, 0.5) is 0 Å². The number of phenolic OH excluding ortho intramolecular Hbond substituents is 1. The first-order chi connectivity index (χ1) is 16.0. The molecule has 3 rings (SSSR count). The minimum absolute atomic E-state index is 0.0782. The van der Waals surface area contributed by atoms with Gasteiger partial charge in [0.2, 0.25) is 6.29 Å². The fourth-order valence-electron chi connectivity index (χ4n) is 5.25. The molecule has 0 aromatic heterocycles. The van der Waals surface area contributed by atoms with Gasteiger partial charge >= 0.3 is 5.97 Å². The van der Waals surface area contributed by atoms with Gasteiger partial charge in [-0.3, -0.25) is 4.79 Å². The SMILES string of the molecule is CC(=O)O[C@H]1[C@@H](Oc2c(C)cc3c(c2O)[C@@H](C)CC[C@@H]3[C@@H](C)CCC=C(C)C)OC[C@H](O)[C@@H]1O.